The number of benzene rings is 1. The fraction of sp³-hybridized carbons (Fsp3) is 0.455. The van der Waals surface area contributed by atoms with Crippen LogP contribution >= 0.6 is 0 Å². The molecule has 0 saturated heterocycles. The van der Waals surface area contributed by atoms with Gasteiger partial charge in [0.05, 0.1) is 11.0 Å². The van der Waals surface area contributed by atoms with Gasteiger partial charge in [-0.05, 0) is 31.7 Å². The average molecular weight is 286 g/mol. The molecule has 0 aliphatic heterocycles. The van der Waals surface area contributed by atoms with Crippen molar-refractivity contribution in [2.45, 2.75) is 36.7 Å². The number of nitro benzene ring substituents is 1. The third-order valence-electron chi connectivity index (χ3n) is 3.04. The van der Waals surface area contributed by atoms with E-state index in [2.05, 4.69) is 0 Å². The molecule has 104 valence electrons. The van der Waals surface area contributed by atoms with Gasteiger partial charge in [0.15, 0.2) is 0 Å². The Balaban J connectivity index is 2.39. The van der Waals surface area contributed by atoms with Crippen molar-refractivity contribution < 1.29 is 18.1 Å². The maximum Gasteiger partial charge on any atom is 0.271 e. The fourth-order valence-corrected chi connectivity index (χ4v) is 2.80. The number of non-ortho nitro benzene ring substituents is 1. The topological polar surface area (TPSA) is 113 Å². The Bertz CT molecular complexity index is 593. The first-order chi connectivity index (χ1) is 8.88. The molecule has 0 amide bonds. The van der Waals surface area contributed by atoms with Crippen LogP contribution in [0.4, 0.5) is 5.69 Å². The second-order valence-corrected chi connectivity index (χ2v) is 5.99. The number of nitro groups is 1. The maximum absolute atomic E-state index is 11.5. The van der Waals surface area contributed by atoms with E-state index in [-0.39, 0.29) is 22.4 Å². The van der Waals surface area contributed by atoms with Crippen LogP contribution in [0.25, 0.3) is 0 Å². The summed E-state index contributed by atoms with van der Waals surface area (Å²) in [4.78, 5) is 9.65. The third-order valence-corrected chi connectivity index (χ3v) is 3.97. The zero-order chi connectivity index (χ0) is 14.0. The quantitative estimate of drug-likeness (QED) is 0.666. The lowest BCUT2D eigenvalue weighted by Gasteiger charge is -2.15. The minimum absolute atomic E-state index is 0.0537. The Morgan fingerprint density at radius 1 is 1.32 bits per heavy atom. The van der Waals surface area contributed by atoms with Gasteiger partial charge in [0.2, 0.25) is 10.0 Å². The van der Waals surface area contributed by atoms with Crippen molar-refractivity contribution in [2.75, 3.05) is 0 Å². The van der Waals surface area contributed by atoms with Gasteiger partial charge in [0.1, 0.15) is 10.6 Å². The summed E-state index contributed by atoms with van der Waals surface area (Å²) in [5, 5.41) is 15.7. The average Bonchev–Trinajstić information content (AvgIpc) is 2.80. The van der Waals surface area contributed by atoms with E-state index in [0.29, 0.717) is 0 Å². The van der Waals surface area contributed by atoms with Crippen LogP contribution in [0, 0.1) is 10.1 Å². The summed E-state index contributed by atoms with van der Waals surface area (Å²) in [5.41, 5.74) is -0.331. The highest BCUT2D eigenvalue weighted by Crippen LogP contribution is 2.31. The molecule has 0 heterocycles. The molecule has 1 aliphatic carbocycles. The van der Waals surface area contributed by atoms with Crippen molar-refractivity contribution in [1.29, 1.82) is 0 Å². The molecule has 7 nitrogen and oxygen atoms in total. The van der Waals surface area contributed by atoms with Gasteiger partial charge < -0.3 is 4.74 Å². The standard InChI is InChI=1S/C11H14N2O5S/c12-19(16,17)11-7-8(13(14)15)5-6-10(11)18-9-3-1-2-4-9/h5-7,9H,1-4H2,(H2,12,16,17). The molecule has 0 spiro atoms. The van der Waals surface area contributed by atoms with E-state index in [0.717, 1.165) is 31.7 Å². The Morgan fingerprint density at radius 3 is 2.47 bits per heavy atom. The smallest absolute Gasteiger partial charge is 0.271 e. The summed E-state index contributed by atoms with van der Waals surface area (Å²) in [5.74, 6) is 0.0833. The van der Waals surface area contributed by atoms with Crippen molar-refractivity contribution in [2.24, 2.45) is 5.14 Å². The predicted octanol–water partition coefficient (Wildman–Crippen LogP) is 1.56. The minimum Gasteiger partial charge on any atom is -0.489 e. The molecule has 0 atom stereocenters. The molecule has 19 heavy (non-hydrogen) atoms. The van der Waals surface area contributed by atoms with Crippen molar-refractivity contribution in [3.63, 3.8) is 0 Å². The minimum atomic E-state index is -4.06. The highest BCUT2D eigenvalue weighted by atomic mass is 32.2. The molecule has 1 saturated carbocycles. The van der Waals surface area contributed by atoms with Gasteiger partial charge in [0, 0.05) is 12.1 Å². The molecular weight excluding hydrogens is 272 g/mol. The summed E-state index contributed by atoms with van der Waals surface area (Å²) in [6.45, 7) is 0. The Hall–Kier alpha value is -1.67. The van der Waals surface area contributed by atoms with Gasteiger partial charge >= 0.3 is 0 Å². The molecular formula is C11H14N2O5S. The molecule has 0 bridgehead atoms. The van der Waals surface area contributed by atoms with E-state index < -0.39 is 14.9 Å². The largest absolute Gasteiger partial charge is 0.489 e. The first kappa shape index (κ1) is 13.8. The number of ether oxygens (including phenoxy) is 1. The maximum atomic E-state index is 11.5. The van der Waals surface area contributed by atoms with E-state index in [9.17, 15) is 18.5 Å². The zero-order valence-corrected chi connectivity index (χ0v) is 10.9. The summed E-state index contributed by atoms with van der Waals surface area (Å²) in [6.07, 6.45) is 3.70. The summed E-state index contributed by atoms with van der Waals surface area (Å²) < 4.78 is 28.5. The number of nitrogens with two attached hydrogens (primary N) is 1. The van der Waals surface area contributed by atoms with E-state index >= 15 is 0 Å². The predicted molar refractivity (Wildman–Crippen MR) is 67.4 cm³/mol. The SMILES string of the molecule is NS(=O)(=O)c1cc([N+](=O)[O-])ccc1OC1CCCC1. The van der Waals surface area contributed by atoms with Crippen LogP contribution in [-0.4, -0.2) is 19.4 Å². The second kappa shape index (κ2) is 5.14. The van der Waals surface area contributed by atoms with Crippen molar-refractivity contribution in [3.8, 4) is 5.75 Å². The number of sulfonamides is 1. The first-order valence-corrected chi connectivity index (χ1v) is 7.40. The van der Waals surface area contributed by atoms with Gasteiger partial charge in [0.25, 0.3) is 5.69 Å². The van der Waals surface area contributed by atoms with Crippen LogP contribution in [-0.2, 0) is 10.0 Å². The van der Waals surface area contributed by atoms with Crippen molar-refractivity contribution >= 4 is 15.7 Å². The molecule has 1 aliphatic rings. The van der Waals surface area contributed by atoms with Crippen LogP contribution in [0.5, 0.6) is 5.75 Å². The fourth-order valence-electron chi connectivity index (χ4n) is 2.12. The third kappa shape index (κ3) is 3.21. The molecule has 0 unspecified atom stereocenters. The second-order valence-electron chi connectivity index (χ2n) is 4.46. The van der Waals surface area contributed by atoms with Crippen LogP contribution in [0.15, 0.2) is 23.1 Å². The van der Waals surface area contributed by atoms with E-state index in [1.54, 1.807) is 0 Å². The number of hydrogen-bond acceptors (Lipinski definition) is 5. The summed E-state index contributed by atoms with van der Waals surface area (Å²) in [7, 11) is -4.06. The lowest BCUT2D eigenvalue weighted by molar-refractivity contribution is -0.385. The normalized spacial score (nSPS) is 16.5. The number of nitrogens with zero attached hydrogens (tertiary/aromatic N) is 1. The van der Waals surface area contributed by atoms with Crippen molar-refractivity contribution in [1.82, 2.24) is 0 Å². The van der Waals surface area contributed by atoms with Gasteiger partial charge in [-0.1, -0.05) is 0 Å². The number of primary sulfonamides is 1. The Kier molecular flexibility index (Phi) is 3.72. The van der Waals surface area contributed by atoms with Gasteiger partial charge in [-0.2, -0.15) is 0 Å². The Labute approximate surface area is 110 Å². The van der Waals surface area contributed by atoms with E-state index in [1.807, 2.05) is 0 Å². The highest BCUT2D eigenvalue weighted by Gasteiger charge is 2.23. The molecule has 2 rings (SSSR count). The molecule has 1 fully saturated rings. The molecule has 1 aromatic rings. The monoisotopic (exact) mass is 286 g/mol. The zero-order valence-electron chi connectivity index (χ0n) is 10.1. The van der Waals surface area contributed by atoms with Gasteiger partial charge in [-0.15, -0.1) is 0 Å². The molecule has 2 N–H and O–H groups in total. The van der Waals surface area contributed by atoms with Gasteiger partial charge in [-0.3, -0.25) is 10.1 Å². The van der Waals surface area contributed by atoms with Crippen LogP contribution < -0.4 is 9.88 Å². The number of hydrogen-bond donors (Lipinski definition) is 1. The highest BCUT2D eigenvalue weighted by molar-refractivity contribution is 7.89. The summed E-state index contributed by atoms with van der Waals surface area (Å²) in [6, 6.07) is 3.43. The van der Waals surface area contributed by atoms with Crippen molar-refractivity contribution in [3.05, 3.63) is 28.3 Å². The molecule has 8 heteroatoms. The lowest BCUT2D eigenvalue weighted by Crippen LogP contribution is -2.17. The van der Waals surface area contributed by atoms with E-state index in [4.69, 9.17) is 9.88 Å². The lowest BCUT2D eigenvalue weighted by atomic mass is 10.3. The van der Waals surface area contributed by atoms with Crippen LogP contribution in [0.3, 0.4) is 0 Å². The molecule has 0 radical (unpaired) electrons. The van der Waals surface area contributed by atoms with E-state index in [1.165, 1.54) is 12.1 Å². The summed E-state index contributed by atoms with van der Waals surface area (Å²) >= 11 is 0. The molecule has 0 aromatic heterocycles. The number of rotatable bonds is 4. The van der Waals surface area contributed by atoms with Crippen LogP contribution in [0.1, 0.15) is 25.7 Å². The van der Waals surface area contributed by atoms with Crippen LogP contribution in [0.2, 0.25) is 0 Å². The molecule has 1 aromatic carbocycles. The first-order valence-electron chi connectivity index (χ1n) is 5.86. The van der Waals surface area contributed by atoms with Gasteiger partial charge in [-0.25, -0.2) is 13.6 Å². The Morgan fingerprint density at radius 2 is 1.95 bits per heavy atom.